The van der Waals surface area contributed by atoms with Crippen molar-refractivity contribution < 1.29 is 17.6 Å². The van der Waals surface area contributed by atoms with E-state index in [-0.39, 0.29) is 11.0 Å². The van der Waals surface area contributed by atoms with E-state index in [1.807, 2.05) is 4.90 Å². The second-order valence-electron chi connectivity index (χ2n) is 7.03. The number of halogens is 4. The van der Waals surface area contributed by atoms with Gasteiger partial charge in [0.1, 0.15) is 11.8 Å². The molecule has 2 aliphatic heterocycles. The summed E-state index contributed by atoms with van der Waals surface area (Å²) in [5.41, 5.74) is -0.908. The minimum absolute atomic E-state index is 0.0434. The smallest absolute Gasteiger partial charge is 0.351 e. The molecule has 0 spiro atoms. The fourth-order valence-corrected chi connectivity index (χ4v) is 4.14. The van der Waals surface area contributed by atoms with Gasteiger partial charge in [0.15, 0.2) is 17.3 Å². The van der Waals surface area contributed by atoms with E-state index in [2.05, 4.69) is 20.0 Å². The molecule has 3 aromatic rings. The minimum atomic E-state index is -4.65. The summed E-state index contributed by atoms with van der Waals surface area (Å²) in [5, 5.41) is 4.03. The predicted molar refractivity (Wildman–Crippen MR) is 90.1 cm³/mol. The summed E-state index contributed by atoms with van der Waals surface area (Å²) in [7, 11) is 0. The summed E-state index contributed by atoms with van der Waals surface area (Å²) in [6.07, 6.45) is -1.15. The van der Waals surface area contributed by atoms with Crippen LogP contribution in [0.15, 0.2) is 18.5 Å². The van der Waals surface area contributed by atoms with Crippen molar-refractivity contribution in [1.29, 1.82) is 0 Å². The van der Waals surface area contributed by atoms with E-state index in [0.717, 1.165) is 38.5 Å². The van der Waals surface area contributed by atoms with Crippen LogP contribution in [0.5, 0.6) is 0 Å². The zero-order valence-electron chi connectivity index (χ0n) is 14.2. The van der Waals surface area contributed by atoms with Gasteiger partial charge in [0, 0.05) is 25.7 Å². The molecule has 1 atom stereocenters. The molecule has 0 bridgehead atoms. The summed E-state index contributed by atoms with van der Waals surface area (Å²) in [6.45, 7) is 3.40. The molecule has 0 aliphatic carbocycles. The highest BCUT2D eigenvalue weighted by atomic mass is 19.4. The number of anilines is 1. The SMILES string of the molecule is Fc1cc(C(F)(F)F)cc2c1nc(N1CCN3CCCC3C1)c1ncnn12. The Balaban J connectivity index is 1.67. The normalized spacial score (nSPS) is 21.3. The van der Waals surface area contributed by atoms with Crippen molar-refractivity contribution in [2.75, 3.05) is 31.1 Å². The van der Waals surface area contributed by atoms with Gasteiger partial charge in [-0.15, -0.1) is 0 Å². The summed E-state index contributed by atoms with van der Waals surface area (Å²) >= 11 is 0. The van der Waals surface area contributed by atoms with Crippen molar-refractivity contribution in [3.05, 3.63) is 29.8 Å². The van der Waals surface area contributed by atoms with Crippen LogP contribution in [0.25, 0.3) is 16.7 Å². The molecule has 1 aromatic carbocycles. The molecule has 10 heteroatoms. The Morgan fingerprint density at radius 1 is 1.11 bits per heavy atom. The molecule has 2 fully saturated rings. The number of hydrogen-bond donors (Lipinski definition) is 0. The summed E-state index contributed by atoms with van der Waals surface area (Å²) in [4.78, 5) is 13.0. The molecule has 5 rings (SSSR count). The Hall–Kier alpha value is -2.49. The highest BCUT2D eigenvalue weighted by Crippen LogP contribution is 2.34. The number of fused-ring (bicyclic) bond motifs is 4. The van der Waals surface area contributed by atoms with Crippen LogP contribution in [-0.4, -0.2) is 56.7 Å². The van der Waals surface area contributed by atoms with Crippen LogP contribution in [0.3, 0.4) is 0 Å². The predicted octanol–water partition coefficient (Wildman–Crippen LogP) is 2.72. The van der Waals surface area contributed by atoms with Gasteiger partial charge in [0.25, 0.3) is 0 Å². The quantitative estimate of drug-likeness (QED) is 0.608. The maximum atomic E-state index is 14.5. The zero-order valence-corrected chi connectivity index (χ0v) is 14.2. The molecule has 0 amide bonds. The van der Waals surface area contributed by atoms with Crippen LogP contribution in [0.1, 0.15) is 18.4 Å². The lowest BCUT2D eigenvalue weighted by molar-refractivity contribution is -0.137. The Morgan fingerprint density at radius 2 is 1.96 bits per heavy atom. The Kier molecular flexibility index (Phi) is 3.55. The molecule has 142 valence electrons. The third-order valence-corrected chi connectivity index (χ3v) is 5.45. The molecular formula is C17H16F4N6. The van der Waals surface area contributed by atoms with Crippen molar-refractivity contribution in [2.24, 2.45) is 0 Å². The number of alkyl halides is 3. The largest absolute Gasteiger partial charge is 0.416 e. The Bertz CT molecular complexity index is 1030. The highest BCUT2D eigenvalue weighted by molar-refractivity contribution is 5.83. The number of hydrogen-bond acceptors (Lipinski definition) is 5. The highest BCUT2D eigenvalue weighted by Gasteiger charge is 2.34. The average Bonchev–Trinajstić information content (AvgIpc) is 3.29. The summed E-state index contributed by atoms with van der Waals surface area (Å²) in [6, 6.07) is 1.76. The fraction of sp³-hybridized carbons (Fsp3) is 0.471. The number of rotatable bonds is 1. The lowest BCUT2D eigenvalue weighted by atomic mass is 10.1. The van der Waals surface area contributed by atoms with Crippen molar-refractivity contribution in [3.8, 4) is 0 Å². The van der Waals surface area contributed by atoms with E-state index in [0.29, 0.717) is 30.1 Å². The minimum Gasteiger partial charge on any atom is -0.351 e. The first kappa shape index (κ1) is 16.7. The van der Waals surface area contributed by atoms with Crippen LogP contribution in [0.2, 0.25) is 0 Å². The average molecular weight is 380 g/mol. The first-order chi connectivity index (χ1) is 12.9. The maximum absolute atomic E-state index is 14.5. The van der Waals surface area contributed by atoms with Gasteiger partial charge in [-0.2, -0.15) is 18.3 Å². The van der Waals surface area contributed by atoms with E-state index in [1.54, 1.807) is 0 Å². The van der Waals surface area contributed by atoms with Gasteiger partial charge < -0.3 is 4.90 Å². The van der Waals surface area contributed by atoms with Gasteiger partial charge in [-0.3, -0.25) is 4.90 Å². The third-order valence-electron chi connectivity index (χ3n) is 5.45. The summed E-state index contributed by atoms with van der Waals surface area (Å²) in [5.74, 6) is -0.553. The lowest BCUT2D eigenvalue weighted by Gasteiger charge is -2.38. The Labute approximate surface area is 151 Å². The first-order valence-electron chi connectivity index (χ1n) is 8.81. The molecule has 1 unspecified atom stereocenters. The lowest BCUT2D eigenvalue weighted by Crippen LogP contribution is -2.50. The van der Waals surface area contributed by atoms with Gasteiger partial charge in [0.05, 0.1) is 11.1 Å². The van der Waals surface area contributed by atoms with Gasteiger partial charge in [-0.25, -0.2) is 18.9 Å². The number of benzene rings is 1. The molecule has 0 N–H and O–H groups in total. The number of piperazine rings is 1. The molecule has 4 heterocycles. The van der Waals surface area contributed by atoms with E-state index in [1.165, 1.54) is 10.8 Å². The maximum Gasteiger partial charge on any atom is 0.416 e. The first-order valence-corrected chi connectivity index (χ1v) is 8.81. The van der Waals surface area contributed by atoms with Crippen molar-refractivity contribution in [3.63, 3.8) is 0 Å². The standard InChI is InChI=1S/C17H16F4N6/c18-12-6-10(17(19,20)21)7-13-14(12)24-16(15-22-9-23-27(13)15)26-5-4-25-3-1-2-11(25)8-26/h6-7,9,11H,1-5,8H2. The number of aromatic nitrogens is 4. The second-order valence-corrected chi connectivity index (χ2v) is 7.03. The van der Waals surface area contributed by atoms with E-state index in [9.17, 15) is 17.6 Å². The number of nitrogens with zero attached hydrogens (tertiary/aromatic N) is 6. The van der Waals surface area contributed by atoms with Crippen LogP contribution in [0.4, 0.5) is 23.4 Å². The molecule has 0 radical (unpaired) electrons. The molecule has 2 saturated heterocycles. The molecule has 2 aliphatic rings. The van der Waals surface area contributed by atoms with E-state index in [4.69, 9.17) is 0 Å². The van der Waals surface area contributed by atoms with Crippen LogP contribution in [-0.2, 0) is 6.18 Å². The second kappa shape index (κ2) is 5.75. The summed E-state index contributed by atoms with van der Waals surface area (Å²) < 4.78 is 55.0. The van der Waals surface area contributed by atoms with Crippen LogP contribution >= 0.6 is 0 Å². The van der Waals surface area contributed by atoms with Gasteiger partial charge in [-0.05, 0) is 31.5 Å². The van der Waals surface area contributed by atoms with Gasteiger partial charge in [0.2, 0.25) is 0 Å². The topological polar surface area (TPSA) is 49.6 Å². The van der Waals surface area contributed by atoms with Crippen LogP contribution < -0.4 is 4.90 Å². The molecule has 27 heavy (non-hydrogen) atoms. The third kappa shape index (κ3) is 2.61. The fourth-order valence-electron chi connectivity index (χ4n) is 4.14. The Morgan fingerprint density at radius 3 is 2.78 bits per heavy atom. The molecule has 2 aromatic heterocycles. The van der Waals surface area contributed by atoms with Crippen molar-refractivity contribution in [1.82, 2.24) is 24.5 Å². The molecule has 6 nitrogen and oxygen atoms in total. The van der Waals surface area contributed by atoms with Gasteiger partial charge >= 0.3 is 6.18 Å². The molecular weight excluding hydrogens is 364 g/mol. The van der Waals surface area contributed by atoms with E-state index >= 15 is 0 Å². The monoisotopic (exact) mass is 380 g/mol. The molecule has 0 saturated carbocycles. The van der Waals surface area contributed by atoms with Crippen LogP contribution in [0, 0.1) is 5.82 Å². The van der Waals surface area contributed by atoms with Crippen molar-refractivity contribution in [2.45, 2.75) is 25.1 Å². The zero-order chi connectivity index (χ0) is 18.8. The van der Waals surface area contributed by atoms with Crippen molar-refractivity contribution >= 4 is 22.5 Å². The van der Waals surface area contributed by atoms with E-state index < -0.39 is 17.6 Å². The van der Waals surface area contributed by atoms with Gasteiger partial charge in [-0.1, -0.05) is 0 Å².